The summed E-state index contributed by atoms with van der Waals surface area (Å²) in [5.74, 6) is 0.0736. The minimum atomic E-state index is 0.0736. The second-order valence-electron chi connectivity index (χ2n) is 5.48. The van der Waals surface area contributed by atoms with E-state index in [-0.39, 0.29) is 5.78 Å². The molecule has 0 atom stereocenters. The first-order chi connectivity index (χ1) is 11.1. The van der Waals surface area contributed by atoms with Crippen LogP contribution in [0.15, 0.2) is 66.9 Å². The number of rotatable bonds is 4. The van der Waals surface area contributed by atoms with Crippen LogP contribution in [0.2, 0.25) is 5.02 Å². The summed E-state index contributed by atoms with van der Waals surface area (Å²) < 4.78 is 0. The molecule has 3 heteroatoms. The highest BCUT2D eigenvalue weighted by atomic mass is 35.5. The predicted molar refractivity (Wildman–Crippen MR) is 93.9 cm³/mol. The van der Waals surface area contributed by atoms with E-state index >= 15 is 0 Å². The van der Waals surface area contributed by atoms with Crippen molar-refractivity contribution in [3.8, 4) is 11.3 Å². The predicted octanol–water partition coefficient (Wildman–Crippen LogP) is 5.14. The number of pyridine rings is 1. The average Bonchev–Trinajstić information content (AvgIpc) is 2.56. The maximum absolute atomic E-state index is 12.6. The van der Waals surface area contributed by atoms with Crippen molar-refractivity contribution >= 4 is 17.4 Å². The van der Waals surface area contributed by atoms with E-state index in [0.717, 1.165) is 22.4 Å². The van der Waals surface area contributed by atoms with Crippen LogP contribution in [-0.4, -0.2) is 10.8 Å². The minimum absolute atomic E-state index is 0.0736. The van der Waals surface area contributed by atoms with Crippen LogP contribution in [0, 0.1) is 6.92 Å². The molecule has 0 bridgehead atoms. The zero-order valence-corrected chi connectivity index (χ0v) is 13.5. The van der Waals surface area contributed by atoms with Gasteiger partial charge < -0.3 is 0 Å². The van der Waals surface area contributed by atoms with Crippen LogP contribution in [-0.2, 0) is 6.42 Å². The third-order valence-corrected chi connectivity index (χ3v) is 3.97. The monoisotopic (exact) mass is 321 g/mol. The van der Waals surface area contributed by atoms with Gasteiger partial charge in [-0.25, -0.2) is 0 Å². The Labute approximate surface area is 140 Å². The Morgan fingerprint density at radius 1 is 1.04 bits per heavy atom. The number of Topliss-reactive ketones (excluding diaryl/α,β-unsaturated/α-hetero) is 1. The lowest BCUT2D eigenvalue weighted by Gasteiger charge is -2.09. The van der Waals surface area contributed by atoms with Crippen molar-refractivity contribution in [3.05, 3.63) is 88.6 Å². The van der Waals surface area contributed by atoms with Crippen LogP contribution in [0.4, 0.5) is 0 Å². The number of hydrogen-bond donors (Lipinski definition) is 0. The molecule has 0 saturated heterocycles. The van der Waals surface area contributed by atoms with Crippen molar-refractivity contribution in [2.24, 2.45) is 0 Å². The van der Waals surface area contributed by atoms with Crippen LogP contribution in [0.1, 0.15) is 21.5 Å². The van der Waals surface area contributed by atoms with Crippen molar-refractivity contribution < 1.29 is 4.79 Å². The SMILES string of the molecule is Cc1ccc(C(=O)Cc2cc(Cl)ccc2-c2ccccn2)cc1. The van der Waals surface area contributed by atoms with E-state index < -0.39 is 0 Å². The van der Waals surface area contributed by atoms with Crippen molar-refractivity contribution in [1.82, 2.24) is 4.98 Å². The van der Waals surface area contributed by atoms with Gasteiger partial charge in [-0.3, -0.25) is 9.78 Å². The van der Waals surface area contributed by atoms with Gasteiger partial charge in [0, 0.05) is 28.8 Å². The quantitative estimate of drug-likeness (QED) is 0.623. The number of carbonyl (C=O) groups is 1. The molecule has 2 nitrogen and oxygen atoms in total. The van der Waals surface area contributed by atoms with Gasteiger partial charge in [-0.1, -0.05) is 53.6 Å². The second-order valence-corrected chi connectivity index (χ2v) is 5.92. The number of ketones is 1. The number of aromatic nitrogens is 1. The lowest BCUT2D eigenvalue weighted by Crippen LogP contribution is -2.05. The van der Waals surface area contributed by atoms with E-state index in [2.05, 4.69) is 4.98 Å². The van der Waals surface area contributed by atoms with E-state index in [1.54, 1.807) is 6.20 Å². The molecule has 3 aromatic rings. The van der Waals surface area contributed by atoms with Crippen LogP contribution >= 0.6 is 11.6 Å². The van der Waals surface area contributed by atoms with Gasteiger partial charge >= 0.3 is 0 Å². The van der Waals surface area contributed by atoms with Crippen molar-refractivity contribution in [2.45, 2.75) is 13.3 Å². The lowest BCUT2D eigenvalue weighted by atomic mass is 9.96. The van der Waals surface area contributed by atoms with Gasteiger partial charge in [-0.2, -0.15) is 0 Å². The van der Waals surface area contributed by atoms with E-state index in [1.165, 1.54) is 0 Å². The molecule has 0 amide bonds. The van der Waals surface area contributed by atoms with Crippen molar-refractivity contribution in [1.29, 1.82) is 0 Å². The van der Waals surface area contributed by atoms with Crippen molar-refractivity contribution in [2.75, 3.05) is 0 Å². The third kappa shape index (κ3) is 3.66. The molecule has 1 heterocycles. The highest BCUT2D eigenvalue weighted by molar-refractivity contribution is 6.30. The zero-order chi connectivity index (χ0) is 16.2. The number of aryl methyl sites for hydroxylation is 1. The number of hydrogen-bond acceptors (Lipinski definition) is 2. The molecule has 0 aliphatic heterocycles. The van der Waals surface area contributed by atoms with Crippen LogP contribution in [0.5, 0.6) is 0 Å². The molecule has 0 aliphatic rings. The van der Waals surface area contributed by atoms with Gasteiger partial charge in [0.1, 0.15) is 0 Å². The normalized spacial score (nSPS) is 10.5. The molecular formula is C20H16ClNO. The Morgan fingerprint density at radius 3 is 2.52 bits per heavy atom. The second kappa shape index (κ2) is 6.76. The molecule has 3 rings (SSSR count). The van der Waals surface area contributed by atoms with Crippen LogP contribution < -0.4 is 0 Å². The highest BCUT2D eigenvalue weighted by Gasteiger charge is 2.12. The first-order valence-corrected chi connectivity index (χ1v) is 7.81. The van der Waals surface area contributed by atoms with Crippen LogP contribution in [0.25, 0.3) is 11.3 Å². The molecule has 2 aromatic carbocycles. The first kappa shape index (κ1) is 15.4. The minimum Gasteiger partial charge on any atom is -0.294 e. The fourth-order valence-electron chi connectivity index (χ4n) is 2.50. The summed E-state index contributed by atoms with van der Waals surface area (Å²) in [6, 6.07) is 19.0. The van der Waals surface area contributed by atoms with Gasteiger partial charge in [0.25, 0.3) is 0 Å². The summed E-state index contributed by atoms with van der Waals surface area (Å²) in [7, 11) is 0. The van der Waals surface area contributed by atoms with Crippen LogP contribution in [0.3, 0.4) is 0 Å². The largest absolute Gasteiger partial charge is 0.294 e. The number of halogens is 1. The van der Waals surface area contributed by atoms with E-state index in [4.69, 9.17) is 11.6 Å². The van der Waals surface area contributed by atoms with Gasteiger partial charge in [0.2, 0.25) is 0 Å². The van der Waals surface area contributed by atoms with Gasteiger partial charge in [0.05, 0.1) is 5.69 Å². The summed E-state index contributed by atoms with van der Waals surface area (Å²) in [5, 5.41) is 0.622. The Kier molecular flexibility index (Phi) is 4.54. The molecule has 0 spiro atoms. The maximum atomic E-state index is 12.6. The Morgan fingerprint density at radius 2 is 1.83 bits per heavy atom. The van der Waals surface area contributed by atoms with Crippen molar-refractivity contribution in [3.63, 3.8) is 0 Å². The Bertz CT molecular complexity index is 826. The van der Waals surface area contributed by atoms with E-state index in [9.17, 15) is 4.79 Å². The molecule has 0 radical (unpaired) electrons. The maximum Gasteiger partial charge on any atom is 0.167 e. The van der Waals surface area contributed by atoms with Gasteiger partial charge in [0.15, 0.2) is 5.78 Å². The topological polar surface area (TPSA) is 30.0 Å². The molecule has 0 aliphatic carbocycles. The molecular weight excluding hydrogens is 306 g/mol. The first-order valence-electron chi connectivity index (χ1n) is 7.43. The summed E-state index contributed by atoms with van der Waals surface area (Å²) in [5.41, 5.74) is 4.52. The number of nitrogens with zero attached hydrogens (tertiary/aromatic N) is 1. The smallest absolute Gasteiger partial charge is 0.167 e. The number of carbonyl (C=O) groups excluding carboxylic acids is 1. The zero-order valence-electron chi connectivity index (χ0n) is 12.8. The fraction of sp³-hybridized carbons (Fsp3) is 0.100. The standard InChI is InChI=1S/C20H16ClNO/c1-14-5-7-15(8-6-14)20(23)13-16-12-17(21)9-10-18(16)19-4-2-3-11-22-19/h2-12H,13H2,1H3. The Hall–Kier alpha value is -2.45. The molecule has 0 saturated carbocycles. The third-order valence-electron chi connectivity index (χ3n) is 3.73. The van der Waals surface area contributed by atoms with Gasteiger partial charge in [-0.15, -0.1) is 0 Å². The highest BCUT2D eigenvalue weighted by Crippen LogP contribution is 2.26. The van der Waals surface area contributed by atoms with E-state index in [1.807, 2.05) is 67.6 Å². The Balaban J connectivity index is 1.94. The molecule has 23 heavy (non-hydrogen) atoms. The number of benzene rings is 2. The molecule has 1 aromatic heterocycles. The van der Waals surface area contributed by atoms with Gasteiger partial charge in [-0.05, 0) is 36.8 Å². The molecule has 0 unspecified atom stereocenters. The molecule has 0 fully saturated rings. The summed E-state index contributed by atoms with van der Waals surface area (Å²) in [6.07, 6.45) is 2.05. The molecule has 114 valence electrons. The molecule has 0 N–H and O–H groups in total. The van der Waals surface area contributed by atoms with E-state index in [0.29, 0.717) is 17.0 Å². The fourth-order valence-corrected chi connectivity index (χ4v) is 2.69. The summed E-state index contributed by atoms with van der Waals surface area (Å²) in [4.78, 5) is 16.9. The summed E-state index contributed by atoms with van der Waals surface area (Å²) in [6.45, 7) is 2.00. The lowest BCUT2D eigenvalue weighted by molar-refractivity contribution is 0.0993. The summed E-state index contributed by atoms with van der Waals surface area (Å²) >= 11 is 6.12. The average molecular weight is 322 g/mol.